The molecule has 4 rings (SSSR count). The van der Waals surface area contributed by atoms with Crippen LogP contribution in [-0.4, -0.2) is 41.2 Å². The van der Waals surface area contributed by atoms with Gasteiger partial charge in [-0.2, -0.15) is 11.3 Å². The fraction of sp³-hybridized carbons (Fsp3) is 0.316. The van der Waals surface area contributed by atoms with E-state index in [1.54, 1.807) is 24.5 Å². The van der Waals surface area contributed by atoms with Crippen LogP contribution < -0.4 is 4.74 Å². The molecular weight excluding hydrogens is 430 g/mol. The molecule has 3 heterocycles. The van der Waals surface area contributed by atoms with E-state index in [1.165, 1.54) is 0 Å². The van der Waals surface area contributed by atoms with Crippen LogP contribution in [0.1, 0.15) is 35.0 Å². The van der Waals surface area contributed by atoms with Gasteiger partial charge in [0.05, 0.1) is 18.6 Å². The van der Waals surface area contributed by atoms with Crippen molar-refractivity contribution in [2.24, 2.45) is 0 Å². The predicted octanol–water partition coefficient (Wildman–Crippen LogP) is 4.59. The van der Waals surface area contributed by atoms with Crippen molar-refractivity contribution in [1.82, 2.24) is 15.1 Å². The minimum absolute atomic E-state index is 0.0250. The first-order valence-corrected chi connectivity index (χ1v) is 10.4. The van der Waals surface area contributed by atoms with Gasteiger partial charge in [0.25, 0.3) is 5.91 Å². The normalized spacial score (nSPS) is 17.1. The molecule has 1 aliphatic heterocycles. The van der Waals surface area contributed by atoms with Crippen LogP contribution in [-0.2, 0) is 0 Å². The van der Waals surface area contributed by atoms with E-state index in [2.05, 4.69) is 26.1 Å². The van der Waals surface area contributed by atoms with Crippen molar-refractivity contribution in [3.8, 4) is 17.2 Å². The molecule has 140 valence electrons. The fourth-order valence-corrected chi connectivity index (χ4v) is 4.28. The number of hydrogen-bond acceptors (Lipinski definition) is 6. The van der Waals surface area contributed by atoms with Gasteiger partial charge in [0.2, 0.25) is 11.8 Å². The number of halogens is 1. The number of aromatic nitrogens is 2. The van der Waals surface area contributed by atoms with Crippen molar-refractivity contribution in [3.05, 3.63) is 51.0 Å². The first kappa shape index (κ1) is 18.2. The first-order valence-electron chi connectivity index (χ1n) is 8.64. The average molecular weight is 448 g/mol. The van der Waals surface area contributed by atoms with Gasteiger partial charge < -0.3 is 14.1 Å². The van der Waals surface area contributed by atoms with E-state index in [1.807, 2.05) is 33.9 Å². The maximum Gasteiger partial charge on any atom is 0.255 e. The molecule has 0 saturated carbocycles. The Morgan fingerprint density at radius 2 is 2.26 bits per heavy atom. The summed E-state index contributed by atoms with van der Waals surface area (Å²) in [5, 5.41) is 12.3. The SMILES string of the molecule is COc1ccc(Br)c(C(=O)N2CCC[C@H](c3nnc(-c4ccsc4)o3)C2)c1. The summed E-state index contributed by atoms with van der Waals surface area (Å²) >= 11 is 5.06. The Labute approximate surface area is 169 Å². The third kappa shape index (κ3) is 3.77. The number of carbonyl (C=O) groups is 1. The molecule has 0 aliphatic carbocycles. The molecule has 0 unspecified atom stereocenters. The molecule has 1 aliphatic rings. The van der Waals surface area contributed by atoms with Crippen molar-refractivity contribution in [3.63, 3.8) is 0 Å². The topological polar surface area (TPSA) is 68.5 Å². The number of benzene rings is 1. The van der Waals surface area contributed by atoms with Crippen LogP contribution in [0.2, 0.25) is 0 Å². The number of hydrogen-bond donors (Lipinski definition) is 0. The lowest BCUT2D eigenvalue weighted by atomic mass is 9.97. The Morgan fingerprint density at radius 1 is 1.37 bits per heavy atom. The predicted molar refractivity (Wildman–Crippen MR) is 106 cm³/mol. The maximum atomic E-state index is 13.0. The molecule has 3 aromatic rings. The second-order valence-electron chi connectivity index (χ2n) is 6.39. The number of carbonyl (C=O) groups excluding carboxylic acids is 1. The van der Waals surface area contributed by atoms with Gasteiger partial charge >= 0.3 is 0 Å². The Balaban J connectivity index is 1.52. The molecule has 1 saturated heterocycles. The third-order valence-corrected chi connectivity index (χ3v) is 6.05. The molecule has 1 atom stereocenters. The summed E-state index contributed by atoms with van der Waals surface area (Å²) in [6.07, 6.45) is 1.82. The van der Waals surface area contributed by atoms with Crippen molar-refractivity contribution >= 4 is 33.2 Å². The molecule has 27 heavy (non-hydrogen) atoms. The molecule has 2 aromatic heterocycles. The van der Waals surface area contributed by atoms with Crippen molar-refractivity contribution in [1.29, 1.82) is 0 Å². The highest BCUT2D eigenvalue weighted by atomic mass is 79.9. The van der Waals surface area contributed by atoms with E-state index in [4.69, 9.17) is 9.15 Å². The first-order chi connectivity index (χ1) is 13.2. The van der Waals surface area contributed by atoms with E-state index in [9.17, 15) is 4.79 Å². The van der Waals surface area contributed by atoms with Crippen molar-refractivity contribution < 1.29 is 13.9 Å². The molecule has 6 nitrogen and oxygen atoms in total. The average Bonchev–Trinajstić information content (AvgIpc) is 3.39. The maximum absolute atomic E-state index is 13.0. The van der Waals surface area contributed by atoms with Gasteiger partial charge in [-0.05, 0) is 58.4 Å². The van der Waals surface area contributed by atoms with Gasteiger partial charge in [0.15, 0.2) is 0 Å². The highest BCUT2D eigenvalue weighted by molar-refractivity contribution is 9.10. The zero-order valence-electron chi connectivity index (χ0n) is 14.7. The lowest BCUT2D eigenvalue weighted by Crippen LogP contribution is -2.39. The molecule has 0 radical (unpaired) electrons. The minimum atomic E-state index is -0.0250. The van der Waals surface area contributed by atoms with Crippen LogP contribution in [0, 0.1) is 0 Å². The molecular formula is C19H18BrN3O3S. The van der Waals surface area contributed by atoms with E-state index in [-0.39, 0.29) is 11.8 Å². The Morgan fingerprint density at radius 3 is 3.04 bits per heavy atom. The summed E-state index contributed by atoms with van der Waals surface area (Å²) in [4.78, 5) is 14.9. The zero-order chi connectivity index (χ0) is 18.8. The largest absolute Gasteiger partial charge is 0.497 e. The number of thiophene rings is 1. The lowest BCUT2D eigenvalue weighted by molar-refractivity contribution is 0.0697. The number of ether oxygens (including phenoxy) is 1. The number of methoxy groups -OCH3 is 1. The van der Waals surface area contributed by atoms with Gasteiger partial charge in [-0.3, -0.25) is 4.79 Å². The molecule has 0 spiro atoms. The second kappa shape index (κ2) is 7.82. The summed E-state index contributed by atoms with van der Waals surface area (Å²) in [5.74, 6) is 1.81. The molecule has 1 fully saturated rings. The molecule has 8 heteroatoms. The monoisotopic (exact) mass is 447 g/mol. The summed E-state index contributed by atoms with van der Waals surface area (Å²) < 4.78 is 11.9. The van der Waals surface area contributed by atoms with Gasteiger partial charge in [-0.15, -0.1) is 10.2 Å². The fourth-order valence-electron chi connectivity index (χ4n) is 3.23. The van der Waals surface area contributed by atoms with Crippen LogP contribution >= 0.6 is 27.3 Å². The van der Waals surface area contributed by atoms with Crippen LogP contribution in [0.4, 0.5) is 0 Å². The quantitative estimate of drug-likeness (QED) is 0.584. The Kier molecular flexibility index (Phi) is 5.27. The number of rotatable bonds is 4. The number of piperidine rings is 1. The standard InChI is InChI=1S/C19H18BrN3O3S/c1-25-14-4-5-16(20)15(9-14)19(24)23-7-2-3-12(10-23)17-21-22-18(26-17)13-6-8-27-11-13/h4-6,8-9,11-12H,2-3,7,10H2,1H3/t12-/m0/s1. The second-order valence-corrected chi connectivity index (χ2v) is 8.03. The van der Waals surface area contributed by atoms with Crippen molar-refractivity contribution in [2.75, 3.05) is 20.2 Å². The summed E-state index contributed by atoms with van der Waals surface area (Å²) in [5.41, 5.74) is 1.53. The molecule has 0 N–H and O–H groups in total. The summed E-state index contributed by atoms with van der Waals surface area (Å²) in [6.45, 7) is 1.28. The third-order valence-electron chi connectivity index (χ3n) is 4.67. The number of nitrogens with zero attached hydrogens (tertiary/aromatic N) is 3. The van der Waals surface area contributed by atoms with Crippen LogP contribution in [0.15, 0.2) is 43.9 Å². The Hall–Kier alpha value is -2.19. The van der Waals surface area contributed by atoms with E-state index < -0.39 is 0 Å². The number of amides is 1. The lowest BCUT2D eigenvalue weighted by Gasteiger charge is -2.31. The van der Waals surface area contributed by atoms with Gasteiger partial charge in [0.1, 0.15) is 5.75 Å². The van der Waals surface area contributed by atoms with E-state index >= 15 is 0 Å². The van der Waals surface area contributed by atoms with E-state index in [0.29, 0.717) is 36.2 Å². The van der Waals surface area contributed by atoms with Crippen LogP contribution in [0.3, 0.4) is 0 Å². The smallest absolute Gasteiger partial charge is 0.255 e. The summed E-state index contributed by atoms with van der Waals surface area (Å²) in [7, 11) is 1.59. The highest BCUT2D eigenvalue weighted by Gasteiger charge is 2.30. The van der Waals surface area contributed by atoms with Crippen molar-refractivity contribution in [2.45, 2.75) is 18.8 Å². The summed E-state index contributed by atoms with van der Waals surface area (Å²) in [6, 6.07) is 7.37. The van der Waals surface area contributed by atoms with Gasteiger partial charge in [-0.1, -0.05) is 0 Å². The van der Waals surface area contributed by atoms with E-state index in [0.717, 1.165) is 22.9 Å². The Bertz CT molecular complexity index is 942. The molecule has 0 bridgehead atoms. The number of likely N-dealkylation sites (tertiary alicyclic amines) is 1. The molecule has 1 amide bonds. The van der Waals surface area contributed by atoms with Gasteiger partial charge in [0, 0.05) is 28.5 Å². The minimum Gasteiger partial charge on any atom is -0.497 e. The zero-order valence-corrected chi connectivity index (χ0v) is 17.1. The highest BCUT2D eigenvalue weighted by Crippen LogP contribution is 2.31. The van der Waals surface area contributed by atoms with Crippen LogP contribution in [0.5, 0.6) is 5.75 Å². The van der Waals surface area contributed by atoms with Gasteiger partial charge in [-0.25, -0.2) is 0 Å². The molecule has 1 aromatic carbocycles. The van der Waals surface area contributed by atoms with Crippen LogP contribution in [0.25, 0.3) is 11.5 Å².